The molecule has 1 heterocycles. The minimum atomic E-state index is 0.137. The van der Waals surface area contributed by atoms with Crippen molar-refractivity contribution in [1.29, 1.82) is 0 Å². The molecule has 0 bridgehead atoms. The third-order valence-electron chi connectivity index (χ3n) is 4.86. The molecular formula is C17H24N2O2. The van der Waals surface area contributed by atoms with E-state index in [1.165, 1.54) is 6.42 Å². The summed E-state index contributed by atoms with van der Waals surface area (Å²) in [6.07, 6.45) is 4.30. The van der Waals surface area contributed by atoms with Crippen molar-refractivity contribution in [2.75, 3.05) is 19.7 Å². The van der Waals surface area contributed by atoms with Crippen LogP contribution in [-0.4, -0.2) is 36.5 Å². The van der Waals surface area contributed by atoms with E-state index in [0.717, 1.165) is 49.3 Å². The molecule has 2 unspecified atom stereocenters. The Hall–Kier alpha value is -1.55. The lowest BCUT2D eigenvalue weighted by Crippen LogP contribution is -2.44. The average molecular weight is 288 g/mol. The standard InChI is InChI=1S/C17H24N2O2/c1-2-19(15-5-3-4-14(15)11-18)17(20)13-6-7-16-12(10-13)8-9-21-16/h6-7,10,14-15H,2-5,8-9,11,18H2,1H3. The van der Waals surface area contributed by atoms with Gasteiger partial charge in [0.2, 0.25) is 0 Å². The van der Waals surface area contributed by atoms with Gasteiger partial charge in [-0.25, -0.2) is 0 Å². The summed E-state index contributed by atoms with van der Waals surface area (Å²) in [5.41, 5.74) is 7.81. The van der Waals surface area contributed by atoms with Crippen LogP contribution in [0.4, 0.5) is 0 Å². The Morgan fingerprint density at radius 2 is 2.29 bits per heavy atom. The van der Waals surface area contributed by atoms with Crippen LogP contribution in [-0.2, 0) is 6.42 Å². The van der Waals surface area contributed by atoms with Gasteiger partial charge >= 0.3 is 0 Å². The number of nitrogens with two attached hydrogens (primary N) is 1. The largest absolute Gasteiger partial charge is 0.493 e. The first kappa shape index (κ1) is 14.4. The number of rotatable bonds is 4. The van der Waals surface area contributed by atoms with Crippen molar-refractivity contribution < 1.29 is 9.53 Å². The minimum Gasteiger partial charge on any atom is -0.493 e. The van der Waals surface area contributed by atoms with Crippen molar-refractivity contribution in [3.63, 3.8) is 0 Å². The highest BCUT2D eigenvalue weighted by molar-refractivity contribution is 5.95. The van der Waals surface area contributed by atoms with Gasteiger partial charge < -0.3 is 15.4 Å². The summed E-state index contributed by atoms with van der Waals surface area (Å²) in [6, 6.07) is 6.12. The molecule has 0 radical (unpaired) electrons. The molecule has 1 aromatic rings. The third kappa shape index (κ3) is 2.64. The second-order valence-corrected chi connectivity index (χ2v) is 6.01. The molecule has 0 saturated heterocycles. The van der Waals surface area contributed by atoms with E-state index in [-0.39, 0.29) is 5.91 Å². The summed E-state index contributed by atoms with van der Waals surface area (Å²) in [4.78, 5) is 14.9. The van der Waals surface area contributed by atoms with E-state index in [2.05, 4.69) is 6.92 Å². The SMILES string of the molecule is CCN(C(=O)c1ccc2c(c1)CCO2)C1CCCC1CN. The molecule has 1 amide bonds. The van der Waals surface area contributed by atoms with Crippen LogP contribution in [0.2, 0.25) is 0 Å². The van der Waals surface area contributed by atoms with Crippen LogP contribution >= 0.6 is 0 Å². The Morgan fingerprint density at radius 3 is 3.05 bits per heavy atom. The minimum absolute atomic E-state index is 0.137. The number of fused-ring (bicyclic) bond motifs is 1. The van der Waals surface area contributed by atoms with Gasteiger partial charge in [-0.3, -0.25) is 4.79 Å². The number of ether oxygens (including phenoxy) is 1. The third-order valence-corrected chi connectivity index (χ3v) is 4.86. The molecule has 2 aliphatic rings. The van der Waals surface area contributed by atoms with Gasteiger partial charge in [0.05, 0.1) is 6.61 Å². The maximum absolute atomic E-state index is 12.9. The highest BCUT2D eigenvalue weighted by atomic mass is 16.5. The van der Waals surface area contributed by atoms with Gasteiger partial charge in [-0.05, 0) is 56.0 Å². The van der Waals surface area contributed by atoms with E-state index in [9.17, 15) is 4.79 Å². The molecule has 114 valence electrons. The summed E-state index contributed by atoms with van der Waals surface area (Å²) in [7, 11) is 0. The Kier molecular flexibility index (Phi) is 4.15. The summed E-state index contributed by atoms with van der Waals surface area (Å²) in [5, 5.41) is 0. The van der Waals surface area contributed by atoms with Crippen molar-refractivity contribution in [3.05, 3.63) is 29.3 Å². The molecule has 1 fully saturated rings. The molecule has 4 nitrogen and oxygen atoms in total. The van der Waals surface area contributed by atoms with Crippen LogP contribution in [0.25, 0.3) is 0 Å². The number of benzene rings is 1. The first-order chi connectivity index (χ1) is 10.2. The van der Waals surface area contributed by atoms with Gasteiger partial charge in [-0.15, -0.1) is 0 Å². The van der Waals surface area contributed by atoms with E-state index < -0.39 is 0 Å². The predicted molar refractivity (Wildman–Crippen MR) is 82.5 cm³/mol. The zero-order chi connectivity index (χ0) is 14.8. The van der Waals surface area contributed by atoms with Crippen molar-refractivity contribution >= 4 is 5.91 Å². The van der Waals surface area contributed by atoms with Crippen molar-refractivity contribution in [2.24, 2.45) is 11.7 Å². The summed E-state index contributed by atoms with van der Waals surface area (Å²) in [5.74, 6) is 1.51. The number of hydrogen-bond donors (Lipinski definition) is 1. The second kappa shape index (κ2) is 6.06. The van der Waals surface area contributed by atoms with Crippen molar-refractivity contribution in [3.8, 4) is 5.75 Å². The maximum atomic E-state index is 12.9. The Balaban J connectivity index is 1.82. The fourth-order valence-electron chi connectivity index (χ4n) is 3.72. The Morgan fingerprint density at radius 1 is 1.43 bits per heavy atom. The molecule has 3 rings (SSSR count). The van der Waals surface area contributed by atoms with Crippen LogP contribution in [0.15, 0.2) is 18.2 Å². The first-order valence-electron chi connectivity index (χ1n) is 8.01. The van der Waals surface area contributed by atoms with Crippen molar-refractivity contribution in [2.45, 2.75) is 38.6 Å². The maximum Gasteiger partial charge on any atom is 0.254 e. The van der Waals surface area contributed by atoms with Gasteiger partial charge in [0, 0.05) is 24.6 Å². The summed E-state index contributed by atoms with van der Waals surface area (Å²) < 4.78 is 5.51. The second-order valence-electron chi connectivity index (χ2n) is 6.01. The highest BCUT2D eigenvalue weighted by Gasteiger charge is 2.33. The van der Waals surface area contributed by atoms with Crippen LogP contribution in [0.5, 0.6) is 5.75 Å². The predicted octanol–water partition coefficient (Wildman–Crippen LogP) is 2.21. The smallest absolute Gasteiger partial charge is 0.254 e. The van der Waals surface area contributed by atoms with Gasteiger partial charge in [-0.1, -0.05) is 6.42 Å². The van der Waals surface area contributed by atoms with Crippen LogP contribution < -0.4 is 10.5 Å². The fourth-order valence-corrected chi connectivity index (χ4v) is 3.72. The quantitative estimate of drug-likeness (QED) is 0.924. The van der Waals surface area contributed by atoms with Gasteiger partial charge in [0.25, 0.3) is 5.91 Å². The van der Waals surface area contributed by atoms with Gasteiger partial charge in [0.15, 0.2) is 0 Å². The molecule has 2 N–H and O–H groups in total. The summed E-state index contributed by atoms with van der Waals surface area (Å²) >= 11 is 0. The lowest BCUT2D eigenvalue weighted by Gasteiger charge is -2.32. The van der Waals surface area contributed by atoms with Crippen molar-refractivity contribution in [1.82, 2.24) is 4.90 Å². The molecular weight excluding hydrogens is 264 g/mol. The topological polar surface area (TPSA) is 55.6 Å². The number of amides is 1. The molecule has 4 heteroatoms. The van der Waals surface area contributed by atoms with E-state index in [4.69, 9.17) is 10.5 Å². The molecule has 2 atom stereocenters. The zero-order valence-corrected chi connectivity index (χ0v) is 12.7. The lowest BCUT2D eigenvalue weighted by molar-refractivity contribution is 0.0652. The van der Waals surface area contributed by atoms with Gasteiger partial charge in [-0.2, -0.15) is 0 Å². The number of hydrogen-bond acceptors (Lipinski definition) is 3. The van der Waals surface area contributed by atoms with E-state index in [1.54, 1.807) is 0 Å². The normalized spacial score (nSPS) is 23.7. The number of nitrogens with zero attached hydrogens (tertiary/aromatic N) is 1. The van der Waals surface area contributed by atoms with Gasteiger partial charge in [0.1, 0.15) is 5.75 Å². The number of carbonyl (C=O) groups is 1. The van der Waals surface area contributed by atoms with Crippen LogP contribution in [0.3, 0.4) is 0 Å². The molecule has 0 aromatic heterocycles. The molecule has 1 aliphatic carbocycles. The van der Waals surface area contributed by atoms with E-state index in [1.807, 2.05) is 23.1 Å². The molecule has 0 spiro atoms. The average Bonchev–Trinajstić information content (AvgIpc) is 3.15. The Labute approximate surface area is 126 Å². The molecule has 1 aliphatic heterocycles. The fraction of sp³-hybridized carbons (Fsp3) is 0.588. The summed E-state index contributed by atoms with van der Waals surface area (Å²) in [6.45, 7) is 4.20. The zero-order valence-electron chi connectivity index (χ0n) is 12.7. The van der Waals surface area contributed by atoms with Crippen LogP contribution in [0, 0.1) is 5.92 Å². The molecule has 1 aromatic carbocycles. The monoisotopic (exact) mass is 288 g/mol. The first-order valence-corrected chi connectivity index (χ1v) is 8.01. The lowest BCUT2D eigenvalue weighted by atomic mass is 10.0. The molecule has 21 heavy (non-hydrogen) atoms. The molecule has 1 saturated carbocycles. The van der Waals surface area contributed by atoms with E-state index >= 15 is 0 Å². The van der Waals surface area contributed by atoms with E-state index in [0.29, 0.717) is 18.5 Å². The Bertz CT molecular complexity index is 530. The van der Waals surface area contributed by atoms with Crippen LogP contribution in [0.1, 0.15) is 42.1 Å². The number of carbonyl (C=O) groups excluding carboxylic acids is 1. The highest BCUT2D eigenvalue weighted by Crippen LogP contribution is 2.31.